The number of rotatable bonds is 2. The molecule has 0 radical (unpaired) electrons. The average molecular weight is 415 g/mol. The quantitative estimate of drug-likeness (QED) is 0.576. The van der Waals surface area contributed by atoms with E-state index in [-0.39, 0.29) is 12.4 Å². The van der Waals surface area contributed by atoms with Crippen LogP contribution < -0.4 is 0 Å². The summed E-state index contributed by atoms with van der Waals surface area (Å²) in [5, 5.41) is 10.2. The molecule has 3 heteroatoms. The van der Waals surface area contributed by atoms with Crippen molar-refractivity contribution in [1.29, 1.82) is 0 Å². The molecule has 6 rings (SSSR count). The highest BCUT2D eigenvalue weighted by Crippen LogP contribution is 2.69. The fourth-order valence-corrected chi connectivity index (χ4v) is 9.58. The second-order valence-corrected chi connectivity index (χ2v) is 12.4. The van der Waals surface area contributed by atoms with Crippen molar-refractivity contribution in [2.45, 2.75) is 116 Å². The van der Waals surface area contributed by atoms with Gasteiger partial charge in [-0.1, -0.05) is 45.3 Å². The first-order valence-corrected chi connectivity index (χ1v) is 13.1. The summed E-state index contributed by atoms with van der Waals surface area (Å²) < 4.78 is 13.2. The number of hydrogen-bond acceptors (Lipinski definition) is 3. The number of hydrogen-bond donors (Lipinski definition) is 1. The zero-order valence-corrected chi connectivity index (χ0v) is 19.3. The summed E-state index contributed by atoms with van der Waals surface area (Å²) in [6, 6.07) is 0. The molecule has 1 saturated heterocycles. The van der Waals surface area contributed by atoms with Gasteiger partial charge in [0.1, 0.15) is 0 Å². The van der Waals surface area contributed by atoms with Crippen LogP contribution in [0.5, 0.6) is 0 Å². The molecule has 0 aromatic heterocycles. The van der Waals surface area contributed by atoms with Gasteiger partial charge in [0.2, 0.25) is 0 Å². The molecular formula is C27H42O3. The van der Waals surface area contributed by atoms with Gasteiger partial charge >= 0.3 is 0 Å². The Morgan fingerprint density at radius 2 is 1.87 bits per heavy atom. The molecule has 30 heavy (non-hydrogen) atoms. The van der Waals surface area contributed by atoms with Gasteiger partial charge in [0.05, 0.1) is 18.3 Å². The third-order valence-electron chi connectivity index (χ3n) is 11.1. The SMILES string of the molecule is C[C@@H]1[C@@H](OC2CCCC2)O[C@H]2C[C@H]3[C@@H]4CC=C5C[C@H](O)CC[C@@]5(C)[C@H]4CC[C@@]3(C)[C@@H]12. The molecular weight excluding hydrogens is 372 g/mol. The van der Waals surface area contributed by atoms with Crippen LogP contribution in [-0.2, 0) is 9.47 Å². The van der Waals surface area contributed by atoms with Crippen molar-refractivity contribution in [3.05, 3.63) is 11.6 Å². The van der Waals surface area contributed by atoms with E-state index < -0.39 is 0 Å². The Bertz CT molecular complexity index is 711. The molecule has 0 amide bonds. The largest absolute Gasteiger partial charge is 0.393 e. The van der Waals surface area contributed by atoms with Gasteiger partial charge in [0.25, 0.3) is 0 Å². The molecule has 6 aliphatic rings. The van der Waals surface area contributed by atoms with Gasteiger partial charge in [-0.2, -0.15) is 0 Å². The Morgan fingerprint density at radius 1 is 1.07 bits per heavy atom. The van der Waals surface area contributed by atoms with Crippen LogP contribution in [0.25, 0.3) is 0 Å². The van der Waals surface area contributed by atoms with Crippen molar-refractivity contribution in [2.24, 2.45) is 40.4 Å². The van der Waals surface area contributed by atoms with Gasteiger partial charge in [-0.05, 0) is 92.3 Å². The number of ether oxygens (including phenoxy) is 2. The molecule has 5 aliphatic carbocycles. The van der Waals surface area contributed by atoms with E-state index in [2.05, 4.69) is 26.8 Å². The van der Waals surface area contributed by atoms with E-state index in [0.717, 1.165) is 30.6 Å². The summed E-state index contributed by atoms with van der Waals surface area (Å²) in [4.78, 5) is 0. The predicted octanol–water partition coefficient (Wildman–Crippen LogP) is 5.86. The molecule has 1 heterocycles. The number of aliphatic hydroxyl groups is 1. The van der Waals surface area contributed by atoms with Gasteiger partial charge in [0.15, 0.2) is 6.29 Å². The minimum Gasteiger partial charge on any atom is -0.393 e. The van der Waals surface area contributed by atoms with Crippen LogP contribution in [0.2, 0.25) is 0 Å². The number of aliphatic hydroxyl groups excluding tert-OH is 1. The first-order chi connectivity index (χ1) is 14.4. The van der Waals surface area contributed by atoms with Crippen LogP contribution in [-0.4, -0.2) is 29.7 Å². The molecule has 5 fully saturated rings. The highest BCUT2D eigenvalue weighted by atomic mass is 16.7. The summed E-state index contributed by atoms with van der Waals surface area (Å²) in [6.07, 6.45) is 16.8. The van der Waals surface area contributed by atoms with Crippen molar-refractivity contribution >= 4 is 0 Å². The van der Waals surface area contributed by atoms with Gasteiger partial charge in [-0.3, -0.25) is 0 Å². The molecule has 0 unspecified atom stereocenters. The van der Waals surface area contributed by atoms with Crippen molar-refractivity contribution in [2.75, 3.05) is 0 Å². The van der Waals surface area contributed by atoms with E-state index in [0.29, 0.717) is 34.9 Å². The van der Waals surface area contributed by atoms with Crippen molar-refractivity contribution in [3.8, 4) is 0 Å². The summed E-state index contributed by atoms with van der Waals surface area (Å²) in [6.45, 7) is 7.57. The zero-order valence-electron chi connectivity index (χ0n) is 19.3. The average Bonchev–Trinajstić information content (AvgIpc) is 3.40. The molecule has 0 aromatic rings. The highest BCUT2D eigenvalue weighted by Gasteiger charge is 2.65. The lowest BCUT2D eigenvalue weighted by Gasteiger charge is -2.58. The number of fused-ring (bicyclic) bond motifs is 7. The van der Waals surface area contributed by atoms with Crippen LogP contribution in [0.4, 0.5) is 0 Å². The van der Waals surface area contributed by atoms with Gasteiger partial charge in [-0.15, -0.1) is 0 Å². The first-order valence-electron chi connectivity index (χ1n) is 13.1. The number of allylic oxidation sites excluding steroid dienone is 1. The maximum atomic E-state index is 10.2. The molecule has 0 spiro atoms. The van der Waals surface area contributed by atoms with Crippen LogP contribution in [0.1, 0.15) is 91.4 Å². The van der Waals surface area contributed by atoms with E-state index in [1.165, 1.54) is 57.8 Å². The lowest BCUT2D eigenvalue weighted by atomic mass is 9.47. The van der Waals surface area contributed by atoms with E-state index >= 15 is 0 Å². The summed E-state index contributed by atoms with van der Waals surface area (Å²) >= 11 is 0. The van der Waals surface area contributed by atoms with Crippen LogP contribution >= 0.6 is 0 Å². The predicted molar refractivity (Wildman–Crippen MR) is 118 cm³/mol. The lowest BCUT2D eigenvalue weighted by molar-refractivity contribution is -0.178. The fourth-order valence-electron chi connectivity index (χ4n) is 9.58. The fraction of sp³-hybridized carbons (Fsp3) is 0.926. The van der Waals surface area contributed by atoms with E-state index in [4.69, 9.17) is 9.47 Å². The molecule has 0 bridgehead atoms. The maximum Gasteiger partial charge on any atom is 0.161 e. The topological polar surface area (TPSA) is 38.7 Å². The van der Waals surface area contributed by atoms with E-state index in [1.807, 2.05) is 0 Å². The Kier molecular flexibility index (Phi) is 4.76. The molecule has 168 valence electrons. The Labute approximate surface area is 183 Å². The zero-order chi connectivity index (χ0) is 20.7. The second kappa shape index (κ2) is 7.06. The third kappa shape index (κ3) is 2.80. The molecule has 4 saturated carbocycles. The molecule has 1 N–H and O–H groups in total. The third-order valence-corrected chi connectivity index (χ3v) is 11.1. The van der Waals surface area contributed by atoms with Crippen LogP contribution in [0.15, 0.2) is 11.6 Å². The summed E-state index contributed by atoms with van der Waals surface area (Å²) in [5.41, 5.74) is 2.33. The Hall–Kier alpha value is -0.380. The molecule has 10 atom stereocenters. The minimum absolute atomic E-state index is 0.0359. The lowest BCUT2D eigenvalue weighted by Crippen LogP contribution is -2.51. The Morgan fingerprint density at radius 3 is 2.67 bits per heavy atom. The van der Waals surface area contributed by atoms with Crippen molar-refractivity contribution in [1.82, 2.24) is 0 Å². The van der Waals surface area contributed by atoms with E-state index in [9.17, 15) is 5.11 Å². The van der Waals surface area contributed by atoms with Crippen LogP contribution in [0, 0.1) is 40.4 Å². The normalized spacial score (nSPS) is 55.5. The monoisotopic (exact) mass is 414 g/mol. The second-order valence-electron chi connectivity index (χ2n) is 12.4. The van der Waals surface area contributed by atoms with E-state index in [1.54, 1.807) is 5.57 Å². The maximum absolute atomic E-state index is 10.2. The molecule has 3 nitrogen and oxygen atoms in total. The molecule has 0 aromatic carbocycles. The standard InChI is InChI=1S/C27H42O3/c1-16-24-23(30-25(16)29-19-6-4-5-7-19)15-22-20-9-8-17-14-18(28)10-12-26(17,2)21(20)11-13-27(22,24)3/h8,16,18-25,28H,4-7,9-15H2,1-3H3/t16-,18+,20+,21-,22-,23-,24-,25-,26+,27+/m0/s1. The van der Waals surface area contributed by atoms with Crippen molar-refractivity contribution in [3.63, 3.8) is 0 Å². The summed E-state index contributed by atoms with van der Waals surface area (Å²) in [5.74, 6) is 3.60. The van der Waals surface area contributed by atoms with Crippen LogP contribution in [0.3, 0.4) is 0 Å². The van der Waals surface area contributed by atoms with Gasteiger partial charge in [0, 0.05) is 5.92 Å². The molecule has 1 aliphatic heterocycles. The van der Waals surface area contributed by atoms with Gasteiger partial charge < -0.3 is 14.6 Å². The minimum atomic E-state index is -0.105. The smallest absolute Gasteiger partial charge is 0.161 e. The summed E-state index contributed by atoms with van der Waals surface area (Å²) in [7, 11) is 0. The van der Waals surface area contributed by atoms with Crippen molar-refractivity contribution < 1.29 is 14.6 Å². The Balaban J connectivity index is 1.23. The first kappa shape index (κ1) is 20.2. The van der Waals surface area contributed by atoms with Gasteiger partial charge in [-0.25, -0.2) is 0 Å². The highest BCUT2D eigenvalue weighted by molar-refractivity contribution is 5.26.